The highest BCUT2D eigenvalue weighted by molar-refractivity contribution is 7.92. The maximum absolute atomic E-state index is 14.0. The molecule has 0 saturated heterocycles. The number of benzene rings is 3. The summed E-state index contributed by atoms with van der Waals surface area (Å²) in [6.07, 6.45) is -4.82. The van der Waals surface area contributed by atoms with Crippen LogP contribution in [0.2, 0.25) is 10.0 Å². The fourth-order valence-electron chi connectivity index (χ4n) is 3.98. The first-order chi connectivity index (χ1) is 19.4. The van der Waals surface area contributed by atoms with E-state index < -0.39 is 57.4 Å². The summed E-state index contributed by atoms with van der Waals surface area (Å²) in [4.78, 5) is 28.0. The third-order valence-electron chi connectivity index (χ3n) is 6.12. The molecule has 0 bridgehead atoms. The average molecular weight is 645 g/mol. The van der Waals surface area contributed by atoms with Crippen molar-refractivity contribution in [1.82, 2.24) is 10.2 Å². The number of halogens is 5. The van der Waals surface area contributed by atoms with Crippen LogP contribution in [-0.4, -0.2) is 43.3 Å². The van der Waals surface area contributed by atoms with Gasteiger partial charge in [0.2, 0.25) is 11.8 Å². The van der Waals surface area contributed by atoms with E-state index in [1.165, 1.54) is 31.2 Å². The third kappa shape index (κ3) is 8.17. The van der Waals surface area contributed by atoms with Crippen LogP contribution in [0, 0.1) is 0 Å². The van der Waals surface area contributed by atoms with Crippen LogP contribution in [0.15, 0.2) is 77.7 Å². The van der Waals surface area contributed by atoms with E-state index in [1.807, 2.05) is 0 Å². The van der Waals surface area contributed by atoms with Gasteiger partial charge in [0.25, 0.3) is 10.0 Å². The molecular formula is C29H30Cl2F3N3O4S. The molecule has 1 N–H and O–H groups in total. The molecule has 42 heavy (non-hydrogen) atoms. The number of anilines is 1. The quantitative estimate of drug-likeness (QED) is 0.287. The zero-order valence-electron chi connectivity index (χ0n) is 23.2. The highest BCUT2D eigenvalue weighted by atomic mass is 35.5. The van der Waals surface area contributed by atoms with Gasteiger partial charge in [-0.15, -0.1) is 0 Å². The molecule has 0 radical (unpaired) electrons. The van der Waals surface area contributed by atoms with E-state index in [0.29, 0.717) is 27.0 Å². The van der Waals surface area contributed by atoms with Gasteiger partial charge in [0.15, 0.2) is 0 Å². The molecule has 0 aliphatic heterocycles. The second-order valence-electron chi connectivity index (χ2n) is 10.5. The summed E-state index contributed by atoms with van der Waals surface area (Å²) in [5.74, 6) is -1.41. The number of carbonyl (C=O) groups is 2. The number of sulfonamides is 1. The van der Waals surface area contributed by atoms with Gasteiger partial charge in [-0.3, -0.25) is 13.9 Å². The van der Waals surface area contributed by atoms with Crippen LogP contribution in [0.5, 0.6) is 0 Å². The molecule has 0 unspecified atom stereocenters. The van der Waals surface area contributed by atoms with Gasteiger partial charge in [0, 0.05) is 17.1 Å². The first-order valence-corrected chi connectivity index (χ1v) is 14.9. The summed E-state index contributed by atoms with van der Waals surface area (Å²) in [5.41, 5.74) is -1.89. The SMILES string of the molecule is C[C@H](C(=O)NC(C)(C)C)N(Cc1ccccc1Cl)C(=O)CN(c1cc(C(F)(F)F)ccc1Cl)S(=O)(=O)c1ccccc1. The van der Waals surface area contributed by atoms with Gasteiger partial charge in [-0.25, -0.2) is 8.42 Å². The molecule has 3 aromatic rings. The minimum absolute atomic E-state index is 0.188. The Morgan fingerprint density at radius 1 is 0.905 bits per heavy atom. The molecule has 7 nitrogen and oxygen atoms in total. The fraction of sp³-hybridized carbons (Fsp3) is 0.310. The highest BCUT2D eigenvalue weighted by Crippen LogP contribution is 2.37. The Hall–Kier alpha value is -3.28. The molecule has 3 rings (SSSR count). The Morgan fingerprint density at radius 3 is 2.07 bits per heavy atom. The van der Waals surface area contributed by atoms with Crippen LogP contribution in [0.25, 0.3) is 0 Å². The zero-order chi connectivity index (χ0) is 31.5. The lowest BCUT2D eigenvalue weighted by Crippen LogP contribution is -2.54. The molecule has 0 fully saturated rings. The lowest BCUT2D eigenvalue weighted by molar-refractivity contribution is -0.140. The molecule has 2 amide bonds. The van der Waals surface area contributed by atoms with Crippen molar-refractivity contribution in [3.05, 3.63) is 94.0 Å². The molecular weight excluding hydrogens is 614 g/mol. The molecule has 0 saturated carbocycles. The highest BCUT2D eigenvalue weighted by Gasteiger charge is 2.37. The third-order valence-corrected chi connectivity index (χ3v) is 8.58. The molecule has 0 spiro atoms. The minimum Gasteiger partial charge on any atom is -0.350 e. The number of nitrogens with one attached hydrogen (secondary N) is 1. The molecule has 0 aliphatic carbocycles. The zero-order valence-corrected chi connectivity index (χ0v) is 25.6. The Bertz CT molecular complexity index is 1550. The topological polar surface area (TPSA) is 86.8 Å². The predicted molar refractivity (Wildman–Crippen MR) is 157 cm³/mol. The number of hydrogen-bond donors (Lipinski definition) is 1. The van der Waals surface area contributed by atoms with Gasteiger partial charge in [0.1, 0.15) is 12.6 Å². The minimum atomic E-state index is -4.82. The average Bonchev–Trinajstić information content (AvgIpc) is 2.90. The normalized spacial score (nSPS) is 12.9. The number of carbonyl (C=O) groups excluding carboxylic acids is 2. The Morgan fingerprint density at radius 2 is 1.50 bits per heavy atom. The molecule has 13 heteroatoms. The van der Waals surface area contributed by atoms with Gasteiger partial charge in [-0.05, 0) is 69.7 Å². The van der Waals surface area contributed by atoms with Crippen molar-refractivity contribution >= 4 is 50.7 Å². The maximum Gasteiger partial charge on any atom is 0.416 e. The van der Waals surface area contributed by atoms with E-state index >= 15 is 0 Å². The van der Waals surface area contributed by atoms with Crippen molar-refractivity contribution in [2.75, 3.05) is 10.8 Å². The molecule has 226 valence electrons. The van der Waals surface area contributed by atoms with Crippen molar-refractivity contribution in [1.29, 1.82) is 0 Å². The van der Waals surface area contributed by atoms with E-state index in [2.05, 4.69) is 5.32 Å². The maximum atomic E-state index is 14.0. The van der Waals surface area contributed by atoms with E-state index in [4.69, 9.17) is 23.2 Å². The smallest absolute Gasteiger partial charge is 0.350 e. The van der Waals surface area contributed by atoms with E-state index in [0.717, 1.165) is 11.0 Å². The second kappa shape index (κ2) is 12.9. The van der Waals surface area contributed by atoms with Gasteiger partial charge in [-0.1, -0.05) is 59.6 Å². The van der Waals surface area contributed by atoms with Crippen LogP contribution in [0.3, 0.4) is 0 Å². The van der Waals surface area contributed by atoms with Crippen molar-refractivity contribution < 1.29 is 31.2 Å². The molecule has 1 atom stereocenters. The summed E-state index contributed by atoms with van der Waals surface area (Å²) in [6.45, 7) is 5.57. The van der Waals surface area contributed by atoms with Gasteiger partial charge in [0.05, 0.1) is 21.2 Å². The number of hydrogen-bond acceptors (Lipinski definition) is 4. The standard InChI is InChI=1S/C29H30Cl2F3N3O4S/c1-19(27(39)35-28(2,3)4)36(17-20-10-8-9-13-23(20)30)26(38)18-37(42(40,41)22-11-6-5-7-12-22)25-16-21(29(32,33)34)14-15-24(25)31/h5-16,19H,17-18H2,1-4H3,(H,35,39)/t19-/m1/s1. The van der Waals surface area contributed by atoms with Crippen LogP contribution >= 0.6 is 23.2 Å². The molecule has 3 aromatic carbocycles. The van der Waals surface area contributed by atoms with Gasteiger partial charge in [-0.2, -0.15) is 13.2 Å². The summed E-state index contributed by atoms with van der Waals surface area (Å²) in [5, 5.41) is 2.76. The number of rotatable bonds is 9. The van der Waals surface area contributed by atoms with Crippen LogP contribution in [-0.2, 0) is 32.3 Å². The number of alkyl halides is 3. The monoisotopic (exact) mass is 643 g/mol. The fourth-order valence-corrected chi connectivity index (χ4v) is 5.89. The van der Waals surface area contributed by atoms with Crippen LogP contribution in [0.1, 0.15) is 38.8 Å². The lowest BCUT2D eigenvalue weighted by Gasteiger charge is -2.34. The van der Waals surface area contributed by atoms with Crippen molar-refractivity contribution in [2.45, 2.75) is 56.9 Å². The summed E-state index contributed by atoms with van der Waals surface area (Å²) in [6, 6.07) is 14.6. The summed E-state index contributed by atoms with van der Waals surface area (Å²) < 4.78 is 69.1. The summed E-state index contributed by atoms with van der Waals surface area (Å²) in [7, 11) is -4.62. The Labute approximate surface area is 253 Å². The van der Waals surface area contributed by atoms with E-state index in [-0.39, 0.29) is 16.5 Å². The Balaban J connectivity index is 2.14. The second-order valence-corrected chi connectivity index (χ2v) is 13.2. The molecule has 0 aliphatic rings. The van der Waals surface area contributed by atoms with Gasteiger partial charge >= 0.3 is 6.18 Å². The van der Waals surface area contributed by atoms with Crippen molar-refractivity contribution in [3.8, 4) is 0 Å². The Kier molecular flexibility index (Phi) is 10.2. The number of amides is 2. The predicted octanol–water partition coefficient (Wildman–Crippen LogP) is 6.54. The van der Waals surface area contributed by atoms with Gasteiger partial charge < -0.3 is 10.2 Å². The molecule has 0 aromatic heterocycles. The van der Waals surface area contributed by atoms with Crippen LogP contribution < -0.4 is 9.62 Å². The number of nitrogens with zero attached hydrogens (tertiary/aromatic N) is 2. The first-order valence-electron chi connectivity index (χ1n) is 12.7. The van der Waals surface area contributed by atoms with Crippen molar-refractivity contribution in [2.24, 2.45) is 0 Å². The summed E-state index contributed by atoms with van der Waals surface area (Å²) >= 11 is 12.6. The van der Waals surface area contributed by atoms with Crippen molar-refractivity contribution in [3.63, 3.8) is 0 Å². The first kappa shape index (κ1) is 33.2. The van der Waals surface area contributed by atoms with E-state index in [1.54, 1.807) is 51.1 Å². The van der Waals surface area contributed by atoms with Crippen LogP contribution in [0.4, 0.5) is 18.9 Å². The largest absolute Gasteiger partial charge is 0.416 e. The van der Waals surface area contributed by atoms with E-state index in [9.17, 15) is 31.2 Å². The lowest BCUT2D eigenvalue weighted by atomic mass is 10.1. The molecule has 0 heterocycles.